The second-order valence-electron chi connectivity index (χ2n) is 6.03. The lowest BCUT2D eigenvalue weighted by atomic mass is 10.1. The first-order valence-electron chi connectivity index (χ1n) is 7.92. The number of aryl methyl sites for hydroxylation is 2. The lowest BCUT2D eigenvalue weighted by Crippen LogP contribution is -2.25. The lowest BCUT2D eigenvalue weighted by Gasteiger charge is -2.16. The van der Waals surface area contributed by atoms with Gasteiger partial charge in [-0.1, -0.05) is 11.6 Å². The van der Waals surface area contributed by atoms with E-state index in [1.807, 2.05) is 12.1 Å². The van der Waals surface area contributed by atoms with Gasteiger partial charge in [-0.3, -0.25) is 9.55 Å². The smallest absolute Gasteiger partial charge is 0.345 e. The molecule has 1 unspecified atom stereocenters. The van der Waals surface area contributed by atoms with Gasteiger partial charge in [0.25, 0.3) is 0 Å². The van der Waals surface area contributed by atoms with Crippen molar-refractivity contribution in [3.8, 4) is 0 Å². The highest BCUT2D eigenvalue weighted by Crippen LogP contribution is 2.20. The lowest BCUT2D eigenvalue weighted by molar-refractivity contribution is 0.560. The molecule has 0 spiro atoms. The van der Waals surface area contributed by atoms with E-state index < -0.39 is 0 Å². The standard InChI is InChI=1S/C16H17ClN6O/c1-22-16(24)23-7-6-11(3-5-15(23)21-22)19-14-9-18-13-8-10(17)2-4-12(13)20-14/h2,4,8-9,11H,3,5-7H2,1H3,(H,19,20). The van der Waals surface area contributed by atoms with Crippen molar-refractivity contribution >= 4 is 28.5 Å². The third-order valence-electron chi connectivity index (χ3n) is 4.36. The van der Waals surface area contributed by atoms with E-state index in [0.29, 0.717) is 11.6 Å². The van der Waals surface area contributed by atoms with E-state index in [1.54, 1.807) is 23.9 Å². The van der Waals surface area contributed by atoms with Crippen LogP contribution < -0.4 is 11.0 Å². The Hall–Kier alpha value is -2.41. The van der Waals surface area contributed by atoms with E-state index in [-0.39, 0.29) is 11.7 Å². The third kappa shape index (κ3) is 2.75. The molecule has 0 saturated heterocycles. The minimum atomic E-state index is -0.0481. The average Bonchev–Trinajstić information content (AvgIpc) is 2.72. The molecule has 124 valence electrons. The minimum absolute atomic E-state index is 0.0481. The molecule has 8 heteroatoms. The van der Waals surface area contributed by atoms with E-state index in [4.69, 9.17) is 11.6 Å². The fourth-order valence-electron chi connectivity index (χ4n) is 3.10. The van der Waals surface area contributed by atoms with Gasteiger partial charge in [0.15, 0.2) is 0 Å². The Kier molecular flexibility index (Phi) is 3.72. The molecule has 2 aromatic heterocycles. The number of nitrogens with zero attached hydrogens (tertiary/aromatic N) is 5. The molecule has 3 heterocycles. The molecular weight excluding hydrogens is 328 g/mol. The van der Waals surface area contributed by atoms with Crippen LogP contribution in [0.25, 0.3) is 11.0 Å². The van der Waals surface area contributed by atoms with Gasteiger partial charge >= 0.3 is 5.69 Å². The molecule has 7 nitrogen and oxygen atoms in total. The van der Waals surface area contributed by atoms with Gasteiger partial charge in [-0.15, -0.1) is 0 Å². The molecule has 1 atom stereocenters. The number of anilines is 1. The zero-order valence-corrected chi connectivity index (χ0v) is 14.0. The van der Waals surface area contributed by atoms with Crippen molar-refractivity contribution in [2.75, 3.05) is 5.32 Å². The molecule has 1 aromatic carbocycles. The Bertz CT molecular complexity index is 963. The van der Waals surface area contributed by atoms with Gasteiger partial charge in [-0.2, -0.15) is 5.10 Å². The summed E-state index contributed by atoms with van der Waals surface area (Å²) in [6.45, 7) is 0.663. The van der Waals surface area contributed by atoms with Gasteiger partial charge in [0.2, 0.25) is 0 Å². The molecule has 3 aromatic rings. The summed E-state index contributed by atoms with van der Waals surface area (Å²) in [4.78, 5) is 21.0. The summed E-state index contributed by atoms with van der Waals surface area (Å²) in [6, 6.07) is 5.70. The Morgan fingerprint density at radius 1 is 1.29 bits per heavy atom. The number of aromatic nitrogens is 5. The van der Waals surface area contributed by atoms with Gasteiger partial charge in [-0.05, 0) is 31.0 Å². The van der Waals surface area contributed by atoms with Crippen LogP contribution in [0.4, 0.5) is 5.82 Å². The maximum absolute atomic E-state index is 12.0. The van der Waals surface area contributed by atoms with Crippen molar-refractivity contribution in [3.63, 3.8) is 0 Å². The van der Waals surface area contributed by atoms with Crippen LogP contribution in [0.5, 0.6) is 0 Å². The number of hydrogen-bond donors (Lipinski definition) is 1. The van der Waals surface area contributed by atoms with Gasteiger partial charge in [-0.25, -0.2) is 14.5 Å². The van der Waals surface area contributed by atoms with E-state index in [2.05, 4.69) is 20.4 Å². The molecule has 1 N–H and O–H groups in total. The van der Waals surface area contributed by atoms with Gasteiger partial charge in [0.05, 0.1) is 17.2 Å². The molecular formula is C16H17ClN6O. The van der Waals surface area contributed by atoms with Crippen LogP contribution >= 0.6 is 11.6 Å². The molecule has 24 heavy (non-hydrogen) atoms. The summed E-state index contributed by atoms with van der Waals surface area (Å²) in [5.74, 6) is 1.59. The van der Waals surface area contributed by atoms with Crippen LogP contribution in [0.1, 0.15) is 18.7 Å². The Balaban J connectivity index is 1.52. The maximum Gasteiger partial charge on any atom is 0.345 e. The molecule has 0 radical (unpaired) electrons. The molecule has 0 fully saturated rings. The van der Waals surface area contributed by atoms with Crippen molar-refractivity contribution in [3.05, 3.63) is 45.7 Å². The summed E-state index contributed by atoms with van der Waals surface area (Å²) in [7, 11) is 1.69. The molecule has 0 bridgehead atoms. The monoisotopic (exact) mass is 344 g/mol. The molecule has 0 amide bonds. The van der Waals surface area contributed by atoms with Crippen LogP contribution in [-0.2, 0) is 20.0 Å². The second kappa shape index (κ2) is 5.90. The normalized spacial score (nSPS) is 17.5. The highest BCUT2D eigenvalue weighted by Gasteiger charge is 2.20. The van der Waals surface area contributed by atoms with Crippen LogP contribution in [0, 0.1) is 0 Å². The molecule has 1 aliphatic heterocycles. The predicted molar refractivity (Wildman–Crippen MR) is 92.4 cm³/mol. The van der Waals surface area contributed by atoms with Crippen molar-refractivity contribution in [2.24, 2.45) is 7.05 Å². The van der Waals surface area contributed by atoms with E-state index in [9.17, 15) is 4.79 Å². The SMILES string of the molecule is Cn1nc2n(c1=O)CCC(Nc1cnc3cc(Cl)ccc3n1)CC2. The zero-order valence-electron chi connectivity index (χ0n) is 13.2. The van der Waals surface area contributed by atoms with Crippen LogP contribution in [0.3, 0.4) is 0 Å². The van der Waals surface area contributed by atoms with Gasteiger partial charge in [0, 0.05) is 31.1 Å². The van der Waals surface area contributed by atoms with E-state index in [0.717, 1.165) is 41.9 Å². The number of fused-ring (bicyclic) bond motifs is 2. The van der Waals surface area contributed by atoms with Crippen molar-refractivity contribution in [2.45, 2.75) is 31.8 Å². The van der Waals surface area contributed by atoms with Gasteiger partial charge < -0.3 is 5.32 Å². The first-order chi connectivity index (χ1) is 11.6. The van der Waals surface area contributed by atoms with Gasteiger partial charge in [0.1, 0.15) is 11.6 Å². The Morgan fingerprint density at radius 3 is 3.04 bits per heavy atom. The van der Waals surface area contributed by atoms with Crippen LogP contribution in [-0.4, -0.2) is 30.4 Å². The minimum Gasteiger partial charge on any atom is -0.366 e. The fourth-order valence-corrected chi connectivity index (χ4v) is 3.27. The summed E-state index contributed by atoms with van der Waals surface area (Å²) in [6.07, 6.45) is 4.24. The topological polar surface area (TPSA) is 77.6 Å². The summed E-state index contributed by atoms with van der Waals surface area (Å²) in [5.41, 5.74) is 1.53. The Labute approximate surface area is 143 Å². The van der Waals surface area contributed by atoms with Crippen molar-refractivity contribution < 1.29 is 0 Å². The Morgan fingerprint density at radius 2 is 2.17 bits per heavy atom. The van der Waals surface area contributed by atoms with E-state index in [1.165, 1.54) is 4.68 Å². The van der Waals surface area contributed by atoms with Crippen LogP contribution in [0.15, 0.2) is 29.2 Å². The highest BCUT2D eigenvalue weighted by atomic mass is 35.5. The van der Waals surface area contributed by atoms with Crippen LogP contribution in [0.2, 0.25) is 5.02 Å². The number of hydrogen-bond acceptors (Lipinski definition) is 5. The second-order valence-corrected chi connectivity index (χ2v) is 6.47. The molecule has 4 rings (SSSR count). The summed E-state index contributed by atoms with van der Waals surface area (Å²) in [5, 5.41) is 8.38. The van der Waals surface area contributed by atoms with E-state index >= 15 is 0 Å². The van der Waals surface area contributed by atoms with Crippen molar-refractivity contribution in [1.29, 1.82) is 0 Å². The predicted octanol–water partition coefficient (Wildman–Crippen LogP) is 2.00. The highest BCUT2D eigenvalue weighted by molar-refractivity contribution is 6.31. The maximum atomic E-state index is 12.0. The average molecular weight is 345 g/mol. The molecule has 1 aliphatic rings. The number of benzene rings is 1. The summed E-state index contributed by atoms with van der Waals surface area (Å²) >= 11 is 5.97. The number of nitrogens with one attached hydrogen (secondary N) is 1. The first-order valence-corrected chi connectivity index (χ1v) is 8.29. The first kappa shape index (κ1) is 15.1. The van der Waals surface area contributed by atoms with Crippen molar-refractivity contribution in [1.82, 2.24) is 24.3 Å². The largest absolute Gasteiger partial charge is 0.366 e. The fraction of sp³-hybridized carbons (Fsp3) is 0.375. The third-order valence-corrected chi connectivity index (χ3v) is 4.59. The summed E-state index contributed by atoms with van der Waals surface area (Å²) < 4.78 is 3.17. The molecule has 0 aliphatic carbocycles. The number of rotatable bonds is 2. The quantitative estimate of drug-likeness (QED) is 0.769. The zero-order chi connectivity index (χ0) is 16.7. The number of halogens is 1. The molecule has 0 saturated carbocycles.